The van der Waals surface area contributed by atoms with E-state index in [0.29, 0.717) is 5.58 Å². The number of hydrogen-bond acceptors (Lipinski definition) is 3. The van der Waals surface area contributed by atoms with Crippen molar-refractivity contribution in [1.82, 2.24) is 4.98 Å². The average molecular weight is 220 g/mol. The summed E-state index contributed by atoms with van der Waals surface area (Å²) >= 11 is 5.47. The smallest absolute Gasteiger partial charge is 0.387 e. The van der Waals surface area contributed by atoms with Gasteiger partial charge in [0.2, 0.25) is 0 Å². The van der Waals surface area contributed by atoms with E-state index >= 15 is 0 Å². The van der Waals surface area contributed by atoms with Gasteiger partial charge in [0.05, 0.1) is 0 Å². The van der Waals surface area contributed by atoms with E-state index in [1.165, 1.54) is 12.1 Å². The Bertz CT molecular complexity index is 458. The molecule has 1 aromatic heterocycles. The molecule has 0 radical (unpaired) electrons. The van der Waals surface area contributed by atoms with Crippen molar-refractivity contribution in [2.45, 2.75) is 6.61 Å². The molecule has 0 saturated carbocycles. The van der Waals surface area contributed by atoms with Gasteiger partial charge in [0.25, 0.3) is 5.35 Å². The molecule has 14 heavy (non-hydrogen) atoms. The van der Waals surface area contributed by atoms with E-state index in [1.54, 1.807) is 6.07 Å². The van der Waals surface area contributed by atoms with Crippen LogP contribution in [-0.2, 0) is 0 Å². The van der Waals surface area contributed by atoms with Gasteiger partial charge in [-0.1, -0.05) is 6.07 Å². The first-order valence-electron chi connectivity index (χ1n) is 3.66. The molecule has 0 aliphatic carbocycles. The van der Waals surface area contributed by atoms with Gasteiger partial charge in [-0.05, 0) is 23.7 Å². The molecule has 2 aromatic rings. The summed E-state index contributed by atoms with van der Waals surface area (Å²) < 4.78 is 33.0. The number of nitrogens with zero attached hydrogens (tertiary/aromatic N) is 1. The highest BCUT2D eigenvalue weighted by Crippen LogP contribution is 2.28. The monoisotopic (exact) mass is 219 g/mol. The molecule has 0 aliphatic rings. The molecule has 0 spiro atoms. The third-order valence-electron chi connectivity index (χ3n) is 1.57. The molecule has 3 nitrogen and oxygen atoms in total. The molecule has 2 rings (SSSR count). The lowest BCUT2D eigenvalue weighted by molar-refractivity contribution is -0.0489. The van der Waals surface area contributed by atoms with Crippen LogP contribution < -0.4 is 4.74 Å². The fourth-order valence-electron chi connectivity index (χ4n) is 1.09. The summed E-state index contributed by atoms with van der Waals surface area (Å²) in [5.41, 5.74) is 0.506. The Balaban J connectivity index is 2.53. The van der Waals surface area contributed by atoms with E-state index in [2.05, 4.69) is 9.72 Å². The van der Waals surface area contributed by atoms with Crippen LogP contribution in [0.2, 0.25) is 5.35 Å². The van der Waals surface area contributed by atoms with E-state index in [9.17, 15) is 8.78 Å². The van der Waals surface area contributed by atoms with E-state index < -0.39 is 6.61 Å². The second kappa shape index (κ2) is 3.42. The summed E-state index contributed by atoms with van der Waals surface area (Å²) in [6.07, 6.45) is 0. The minimum Gasteiger partial charge on any atom is -0.432 e. The Kier molecular flexibility index (Phi) is 2.25. The maximum absolute atomic E-state index is 11.9. The van der Waals surface area contributed by atoms with Crippen molar-refractivity contribution >= 4 is 22.7 Å². The number of aromatic nitrogens is 1. The SMILES string of the molecule is FC(F)Oc1cccc2oc(Cl)nc12. The van der Waals surface area contributed by atoms with Gasteiger partial charge in [0, 0.05) is 0 Å². The number of ether oxygens (including phenoxy) is 1. The molecule has 6 heteroatoms. The molecule has 0 bridgehead atoms. The summed E-state index contributed by atoms with van der Waals surface area (Å²) in [7, 11) is 0. The van der Waals surface area contributed by atoms with Gasteiger partial charge in [0.15, 0.2) is 16.8 Å². The second-order valence-electron chi connectivity index (χ2n) is 2.45. The lowest BCUT2D eigenvalue weighted by Crippen LogP contribution is -2.02. The number of benzene rings is 1. The van der Waals surface area contributed by atoms with E-state index in [0.717, 1.165) is 0 Å². The highest BCUT2D eigenvalue weighted by molar-refractivity contribution is 6.28. The maximum Gasteiger partial charge on any atom is 0.387 e. The predicted octanol–water partition coefficient (Wildman–Crippen LogP) is 3.08. The Morgan fingerprint density at radius 3 is 2.93 bits per heavy atom. The van der Waals surface area contributed by atoms with Crippen molar-refractivity contribution in [3.63, 3.8) is 0 Å². The van der Waals surface area contributed by atoms with Crippen LogP contribution in [0.25, 0.3) is 11.1 Å². The number of fused-ring (bicyclic) bond motifs is 1. The van der Waals surface area contributed by atoms with Gasteiger partial charge in [-0.15, -0.1) is 0 Å². The first kappa shape index (κ1) is 9.21. The molecule has 0 saturated heterocycles. The zero-order chi connectivity index (χ0) is 10.1. The van der Waals surface area contributed by atoms with Crippen LogP contribution in [0.5, 0.6) is 5.75 Å². The van der Waals surface area contributed by atoms with E-state index in [1.807, 2.05) is 0 Å². The van der Waals surface area contributed by atoms with Crippen molar-refractivity contribution in [2.24, 2.45) is 0 Å². The molecule has 0 fully saturated rings. The van der Waals surface area contributed by atoms with Crippen LogP contribution in [0.4, 0.5) is 8.78 Å². The Morgan fingerprint density at radius 1 is 1.43 bits per heavy atom. The minimum atomic E-state index is -2.89. The maximum atomic E-state index is 11.9. The van der Waals surface area contributed by atoms with Gasteiger partial charge >= 0.3 is 6.61 Å². The van der Waals surface area contributed by atoms with E-state index in [-0.39, 0.29) is 16.6 Å². The Hall–Kier alpha value is -1.36. The molecule has 0 amide bonds. The zero-order valence-electron chi connectivity index (χ0n) is 6.71. The van der Waals surface area contributed by atoms with Gasteiger partial charge in [-0.25, -0.2) is 0 Å². The van der Waals surface area contributed by atoms with Crippen molar-refractivity contribution in [2.75, 3.05) is 0 Å². The lowest BCUT2D eigenvalue weighted by Gasteiger charge is -2.02. The van der Waals surface area contributed by atoms with E-state index in [4.69, 9.17) is 16.0 Å². The predicted molar refractivity (Wildman–Crippen MR) is 45.7 cm³/mol. The van der Waals surface area contributed by atoms with Gasteiger partial charge in [-0.3, -0.25) is 0 Å². The van der Waals surface area contributed by atoms with Gasteiger partial charge in [-0.2, -0.15) is 13.8 Å². The van der Waals surface area contributed by atoms with Crippen molar-refractivity contribution in [3.05, 3.63) is 23.5 Å². The topological polar surface area (TPSA) is 35.3 Å². The van der Waals surface area contributed by atoms with Crippen LogP contribution in [0.1, 0.15) is 0 Å². The summed E-state index contributed by atoms with van der Waals surface area (Å²) in [6, 6.07) is 4.45. The number of hydrogen-bond donors (Lipinski definition) is 0. The molecule has 0 unspecified atom stereocenters. The largest absolute Gasteiger partial charge is 0.432 e. The van der Waals surface area contributed by atoms with Crippen molar-refractivity contribution in [1.29, 1.82) is 0 Å². The first-order valence-corrected chi connectivity index (χ1v) is 4.04. The number of alkyl halides is 2. The van der Waals surface area contributed by atoms with Crippen molar-refractivity contribution in [3.8, 4) is 5.75 Å². The number of oxazole rings is 1. The minimum absolute atomic E-state index is 0.0480. The molecule has 1 heterocycles. The van der Waals surface area contributed by atoms with Crippen LogP contribution in [0, 0.1) is 0 Å². The van der Waals surface area contributed by atoms with Crippen LogP contribution in [-0.4, -0.2) is 11.6 Å². The second-order valence-corrected chi connectivity index (χ2v) is 2.77. The Labute approximate surface area is 82.2 Å². The highest BCUT2D eigenvalue weighted by Gasteiger charge is 2.12. The number of halogens is 3. The highest BCUT2D eigenvalue weighted by atomic mass is 35.5. The third-order valence-corrected chi connectivity index (χ3v) is 1.73. The molecule has 74 valence electrons. The van der Waals surface area contributed by atoms with Gasteiger partial charge < -0.3 is 9.15 Å². The summed E-state index contributed by atoms with van der Waals surface area (Å²) in [5, 5.41) is -0.106. The third kappa shape index (κ3) is 1.63. The molecular weight excluding hydrogens is 216 g/mol. The van der Waals surface area contributed by atoms with Crippen molar-refractivity contribution < 1.29 is 17.9 Å². The first-order chi connectivity index (χ1) is 6.66. The summed E-state index contributed by atoms with van der Waals surface area (Å²) in [6.45, 7) is -2.89. The molecular formula is C8H4ClF2NO2. The molecule has 1 aromatic carbocycles. The molecule has 0 N–H and O–H groups in total. The zero-order valence-corrected chi connectivity index (χ0v) is 7.46. The Morgan fingerprint density at radius 2 is 2.21 bits per heavy atom. The summed E-state index contributed by atoms with van der Waals surface area (Å²) in [4.78, 5) is 3.71. The van der Waals surface area contributed by atoms with Crippen LogP contribution in [0.15, 0.2) is 22.6 Å². The fraction of sp³-hybridized carbons (Fsp3) is 0.125. The standard InChI is InChI=1S/C8H4ClF2NO2/c9-7-12-6-4(13-7)2-1-3-5(6)14-8(10)11/h1-3,8H. The number of rotatable bonds is 2. The quantitative estimate of drug-likeness (QED) is 0.779. The molecule has 0 atom stereocenters. The summed E-state index contributed by atoms with van der Waals surface area (Å²) in [5.74, 6) is -0.0480. The normalized spacial score (nSPS) is 11.1. The fourth-order valence-corrected chi connectivity index (χ4v) is 1.25. The van der Waals surface area contributed by atoms with Gasteiger partial charge in [0.1, 0.15) is 0 Å². The lowest BCUT2D eigenvalue weighted by atomic mass is 10.3. The average Bonchev–Trinajstić information content (AvgIpc) is 2.45. The number of para-hydroxylation sites is 1. The molecule has 0 aliphatic heterocycles. The van der Waals surface area contributed by atoms with Crippen LogP contribution in [0.3, 0.4) is 0 Å². The van der Waals surface area contributed by atoms with Crippen LogP contribution >= 0.6 is 11.6 Å².